The average molecular weight is 187 g/mol. The molecule has 0 spiro atoms. The van der Waals surface area contributed by atoms with E-state index in [1.807, 2.05) is 20.8 Å². The van der Waals surface area contributed by atoms with Crippen LogP contribution in [0.25, 0.3) is 0 Å². The summed E-state index contributed by atoms with van der Waals surface area (Å²) >= 11 is 0. The highest BCUT2D eigenvalue weighted by atomic mass is 16.6. The lowest BCUT2D eigenvalue weighted by Gasteiger charge is -2.43. The second-order valence-electron chi connectivity index (χ2n) is 4.44. The van der Waals surface area contributed by atoms with Crippen molar-refractivity contribution in [2.24, 2.45) is 0 Å². The third-order valence-corrected chi connectivity index (χ3v) is 2.06. The molecule has 0 aromatic rings. The van der Waals surface area contributed by atoms with Gasteiger partial charge in [-0.2, -0.15) is 0 Å². The topological polar surface area (TPSA) is 49.8 Å². The first-order valence-electron chi connectivity index (χ1n) is 4.49. The van der Waals surface area contributed by atoms with E-state index in [-0.39, 0.29) is 12.1 Å². The van der Waals surface area contributed by atoms with Crippen LogP contribution in [0.2, 0.25) is 0 Å². The van der Waals surface area contributed by atoms with Crippen molar-refractivity contribution >= 4 is 6.09 Å². The van der Waals surface area contributed by atoms with Crippen LogP contribution in [0.15, 0.2) is 0 Å². The van der Waals surface area contributed by atoms with Crippen molar-refractivity contribution in [1.82, 2.24) is 4.90 Å². The Morgan fingerprint density at radius 1 is 1.54 bits per heavy atom. The Morgan fingerprint density at radius 3 is 2.38 bits per heavy atom. The SMILES string of the molecule is C[C@H]1[C@H](O)CN1C(=O)OC(C)(C)C. The van der Waals surface area contributed by atoms with Gasteiger partial charge in [-0.3, -0.25) is 0 Å². The molecule has 0 aliphatic carbocycles. The van der Waals surface area contributed by atoms with Gasteiger partial charge in [0.05, 0.1) is 18.7 Å². The molecule has 1 amide bonds. The van der Waals surface area contributed by atoms with Crippen molar-refractivity contribution in [2.45, 2.75) is 45.4 Å². The predicted octanol–water partition coefficient (Wildman–Crippen LogP) is 0.987. The van der Waals surface area contributed by atoms with Crippen LogP contribution in [0.4, 0.5) is 4.79 Å². The molecule has 1 fully saturated rings. The molecule has 0 aromatic carbocycles. The maximum absolute atomic E-state index is 11.4. The van der Waals surface area contributed by atoms with Crippen LogP contribution < -0.4 is 0 Å². The van der Waals surface area contributed by atoms with E-state index in [0.29, 0.717) is 6.54 Å². The minimum Gasteiger partial charge on any atom is -0.444 e. The number of hydrogen-bond acceptors (Lipinski definition) is 3. The number of aliphatic hydroxyl groups excluding tert-OH is 1. The number of carbonyl (C=O) groups excluding carboxylic acids is 1. The van der Waals surface area contributed by atoms with E-state index < -0.39 is 11.7 Å². The summed E-state index contributed by atoms with van der Waals surface area (Å²) in [5, 5.41) is 9.18. The molecule has 0 aromatic heterocycles. The lowest BCUT2D eigenvalue weighted by atomic mass is 10.0. The number of amides is 1. The predicted molar refractivity (Wildman–Crippen MR) is 48.4 cm³/mol. The smallest absolute Gasteiger partial charge is 0.410 e. The number of ether oxygens (including phenoxy) is 1. The zero-order chi connectivity index (χ0) is 10.2. The number of aliphatic hydroxyl groups is 1. The number of rotatable bonds is 0. The molecule has 1 aliphatic rings. The first-order chi connectivity index (χ1) is 5.81. The molecular weight excluding hydrogens is 170 g/mol. The Bertz CT molecular complexity index is 209. The fourth-order valence-electron chi connectivity index (χ4n) is 1.15. The van der Waals surface area contributed by atoms with Gasteiger partial charge in [-0.05, 0) is 27.7 Å². The number of β-amino-alcohol motifs (C(OH)–C–C–N with tert-alkyl or cyclic N) is 1. The van der Waals surface area contributed by atoms with Crippen LogP contribution in [0.5, 0.6) is 0 Å². The molecule has 13 heavy (non-hydrogen) atoms. The Hall–Kier alpha value is -0.770. The fraction of sp³-hybridized carbons (Fsp3) is 0.889. The lowest BCUT2D eigenvalue weighted by Crippen LogP contribution is -2.61. The van der Waals surface area contributed by atoms with E-state index in [4.69, 9.17) is 4.74 Å². The summed E-state index contributed by atoms with van der Waals surface area (Å²) < 4.78 is 5.14. The average Bonchev–Trinajstić information content (AvgIpc) is 1.95. The monoisotopic (exact) mass is 187 g/mol. The summed E-state index contributed by atoms with van der Waals surface area (Å²) in [5.74, 6) is 0. The lowest BCUT2D eigenvalue weighted by molar-refractivity contribution is -0.0640. The molecule has 2 atom stereocenters. The largest absolute Gasteiger partial charge is 0.444 e. The van der Waals surface area contributed by atoms with Crippen LogP contribution in [0, 0.1) is 0 Å². The summed E-state index contributed by atoms with van der Waals surface area (Å²) in [6.07, 6.45) is -0.738. The van der Waals surface area contributed by atoms with Gasteiger partial charge in [-0.1, -0.05) is 0 Å². The number of likely N-dealkylation sites (tertiary alicyclic amines) is 1. The highest BCUT2D eigenvalue weighted by molar-refractivity contribution is 5.69. The molecule has 1 heterocycles. The summed E-state index contributed by atoms with van der Waals surface area (Å²) in [5.41, 5.74) is -0.461. The van der Waals surface area contributed by atoms with E-state index >= 15 is 0 Å². The first kappa shape index (κ1) is 10.3. The van der Waals surface area contributed by atoms with Gasteiger partial charge in [-0.15, -0.1) is 0 Å². The Balaban J connectivity index is 2.42. The second-order valence-corrected chi connectivity index (χ2v) is 4.44. The van der Waals surface area contributed by atoms with Crippen molar-refractivity contribution in [3.8, 4) is 0 Å². The summed E-state index contributed by atoms with van der Waals surface area (Å²) in [6, 6.07) is -0.116. The zero-order valence-corrected chi connectivity index (χ0v) is 8.57. The third kappa shape index (κ3) is 2.34. The van der Waals surface area contributed by atoms with E-state index in [0.717, 1.165) is 0 Å². The standard InChI is InChI=1S/C9H17NO3/c1-6-7(11)5-10(6)8(12)13-9(2,3)4/h6-7,11H,5H2,1-4H3/t6-,7+/m0/s1. The Labute approximate surface area is 78.5 Å². The van der Waals surface area contributed by atoms with Gasteiger partial charge < -0.3 is 14.7 Å². The molecule has 0 radical (unpaired) electrons. The quantitative estimate of drug-likeness (QED) is 0.615. The molecule has 4 nitrogen and oxygen atoms in total. The Morgan fingerprint density at radius 2 is 2.08 bits per heavy atom. The maximum Gasteiger partial charge on any atom is 0.410 e. The maximum atomic E-state index is 11.4. The van der Waals surface area contributed by atoms with Crippen molar-refractivity contribution in [3.63, 3.8) is 0 Å². The van der Waals surface area contributed by atoms with Gasteiger partial charge in [0.2, 0.25) is 0 Å². The minimum atomic E-state index is -0.461. The first-order valence-corrected chi connectivity index (χ1v) is 4.49. The van der Waals surface area contributed by atoms with Gasteiger partial charge in [0, 0.05) is 0 Å². The molecule has 76 valence electrons. The molecule has 1 N–H and O–H groups in total. The molecule has 1 rings (SSSR count). The van der Waals surface area contributed by atoms with E-state index in [9.17, 15) is 9.90 Å². The van der Waals surface area contributed by atoms with Gasteiger partial charge in [0.1, 0.15) is 5.60 Å². The summed E-state index contributed by atoms with van der Waals surface area (Å²) in [4.78, 5) is 12.9. The van der Waals surface area contributed by atoms with Crippen LogP contribution >= 0.6 is 0 Å². The molecule has 1 aliphatic heterocycles. The number of nitrogens with zero attached hydrogens (tertiary/aromatic N) is 1. The Kier molecular flexibility index (Phi) is 2.52. The molecule has 0 bridgehead atoms. The summed E-state index contributed by atoms with van der Waals surface area (Å²) in [7, 11) is 0. The van der Waals surface area contributed by atoms with Crippen molar-refractivity contribution in [3.05, 3.63) is 0 Å². The second kappa shape index (κ2) is 3.18. The van der Waals surface area contributed by atoms with Gasteiger partial charge in [0.15, 0.2) is 0 Å². The molecule has 1 saturated heterocycles. The van der Waals surface area contributed by atoms with Crippen LogP contribution in [-0.4, -0.2) is 40.4 Å². The molecule has 0 unspecified atom stereocenters. The third-order valence-electron chi connectivity index (χ3n) is 2.06. The highest BCUT2D eigenvalue weighted by Gasteiger charge is 2.39. The van der Waals surface area contributed by atoms with Crippen molar-refractivity contribution in [2.75, 3.05) is 6.54 Å². The van der Waals surface area contributed by atoms with E-state index in [1.165, 1.54) is 4.90 Å². The minimum absolute atomic E-state index is 0.116. The number of hydrogen-bond donors (Lipinski definition) is 1. The van der Waals surface area contributed by atoms with E-state index in [2.05, 4.69) is 0 Å². The van der Waals surface area contributed by atoms with Crippen LogP contribution in [0.3, 0.4) is 0 Å². The highest BCUT2D eigenvalue weighted by Crippen LogP contribution is 2.20. The molecule has 4 heteroatoms. The van der Waals surface area contributed by atoms with Gasteiger partial charge in [-0.25, -0.2) is 4.79 Å². The van der Waals surface area contributed by atoms with E-state index in [1.54, 1.807) is 6.92 Å². The van der Waals surface area contributed by atoms with Gasteiger partial charge >= 0.3 is 6.09 Å². The van der Waals surface area contributed by atoms with Crippen molar-refractivity contribution in [1.29, 1.82) is 0 Å². The summed E-state index contributed by atoms with van der Waals surface area (Å²) in [6.45, 7) is 7.66. The number of carbonyl (C=O) groups is 1. The van der Waals surface area contributed by atoms with Crippen LogP contribution in [-0.2, 0) is 4.74 Å². The van der Waals surface area contributed by atoms with Crippen LogP contribution in [0.1, 0.15) is 27.7 Å². The zero-order valence-electron chi connectivity index (χ0n) is 8.57. The molecule has 0 saturated carbocycles. The fourth-order valence-corrected chi connectivity index (χ4v) is 1.15. The molecular formula is C9H17NO3. The normalized spacial score (nSPS) is 28.2. The van der Waals surface area contributed by atoms with Crippen molar-refractivity contribution < 1.29 is 14.6 Å². The van der Waals surface area contributed by atoms with Gasteiger partial charge in [0.25, 0.3) is 0 Å².